The minimum Gasteiger partial charge on any atom is -0.492 e. The number of rotatable bonds is 7. The Morgan fingerprint density at radius 1 is 1.45 bits per heavy atom. The van der Waals surface area contributed by atoms with Gasteiger partial charge in [0, 0.05) is 19.5 Å². The van der Waals surface area contributed by atoms with Gasteiger partial charge in [0.1, 0.15) is 18.2 Å². The summed E-state index contributed by atoms with van der Waals surface area (Å²) in [6.07, 6.45) is 2.69. The Bertz CT molecular complexity index is 446. The van der Waals surface area contributed by atoms with Gasteiger partial charge in [-0.25, -0.2) is 4.39 Å². The molecule has 2 N–H and O–H groups in total. The molecule has 0 heterocycles. The van der Waals surface area contributed by atoms with E-state index in [0.717, 1.165) is 12.8 Å². The SMILES string of the molecule is CN(CCOc1ccc(F)cc1)C(=O)CC(N)C1CC1. The van der Waals surface area contributed by atoms with Gasteiger partial charge >= 0.3 is 0 Å². The van der Waals surface area contributed by atoms with Crippen molar-refractivity contribution in [3.8, 4) is 5.75 Å². The lowest BCUT2D eigenvalue weighted by Gasteiger charge is -2.19. The number of ether oxygens (including phenoxy) is 1. The van der Waals surface area contributed by atoms with Crippen LogP contribution in [0, 0.1) is 11.7 Å². The van der Waals surface area contributed by atoms with Gasteiger partial charge in [-0.1, -0.05) is 0 Å². The highest BCUT2D eigenvalue weighted by molar-refractivity contribution is 5.76. The van der Waals surface area contributed by atoms with Crippen LogP contribution in [0.2, 0.25) is 0 Å². The topological polar surface area (TPSA) is 55.6 Å². The zero-order valence-corrected chi connectivity index (χ0v) is 11.7. The van der Waals surface area contributed by atoms with Crippen molar-refractivity contribution >= 4 is 5.91 Å². The lowest BCUT2D eigenvalue weighted by atomic mass is 10.1. The fourth-order valence-electron chi connectivity index (χ4n) is 2.00. The summed E-state index contributed by atoms with van der Waals surface area (Å²) >= 11 is 0. The molecule has 0 bridgehead atoms. The molecule has 0 radical (unpaired) electrons. The highest BCUT2D eigenvalue weighted by atomic mass is 19.1. The van der Waals surface area contributed by atoms with Gasteiger partial charge in [-0.2, -0.15) is 0 Å². The molecule has 1 amide bonds. The largest absolute Gasteiger partial charge is 0.492 e. The number of likely N-dealkylation sites (N-methyl/N-ethyl adjacent to an activating group) is 1. The maximum atomic E-state index is 12.7. The number of carbonyl (C=O) groups is 1. The summed E-state index contributed by atoms with van der Waals surface area (Å²) < 4.78 is 18.2. The van der Waals surface area contributed by atoms with E-state index in [9.17, 15) is 9.18 Å². The van der Waals surface area contributed by atoms with Gasteiger partial charge in [-0.15, -0.1) is 0 Å². The summed E-state index contributed by atoms with van der Waals surface area (Å²) in [5.74, 6) is 0.885. The van der Waals surface area contributed by atoms with Crippen LogP contribution in [0.15, 0.2) is 24.3 Å². The Morgan fingerprint density at radius 2 is 2.10 bits per heavy atom. The van der Waals surface area contributed by atoms with Crippen LogP contribution in [-0.2, 0) is 4.79 Å². The number of carbonyl (C=O) groups excluding carboxylic acids is 1. The van der Waals surface area contributed by atoms with Gasteiger partial charge < -0.3 is 15.4 Å². The monoisotopic (exact) mass is 280 g/mol. The van der Waals surface area contributed by atoms with Crippen molar-refractivity contribution in [3.63, 3.8) is 0 Å². The van der Waals surface area contributed by atoms with E-state index in [0.29, 0.717) is 31.2 Å². The van der Waals surface area contributed by atoms with E-state index in [1.165, 1.54) is 12.1 Å². The second kappa shape index (κ2) is 6.70. The fourth-order valence-corrected chi connectivity index (χ4v) is 2.00. The first-order valence-corrected chi connectivity index (χ1v) is 6.94. The molecule has 0 saturated heterocycles. The first-order valence-electron chi connectivity index (χ1n) is 6.94. The maximum Gasteiger partial charge on any atom is 0.223 e. The van der Waals surface area contributed by atoms with Crippen LogP contribution >= 0.6 is 0 Å². The van der Waals surface area contributed by atoms with Crippen molar-refractivity contribution in [1.29, 1.82) is 0 Å². The van der Waals surface area contributed by atoms with Crippen LogP contribution in [-0.4, -0.2) is 37.0 Å². The van der Waals surface area contributed by atoms with Crippen molar-refractivity contribution < 1.29 is 13.9 Å². The average Bonchev–Trinajstić information content (AvgIpc) is 3.25. The molecule has 0 spiro atoms. The van der Waals surface area contributed by atoms with Crippen LogP contribution in [0.4, 0.5) is 4.39 Å². The van der Waals surface area contributed by atoms with Crippen LogP contribution in [0.5, 0.6) is 5.75 Å². The molecule has 2 rings (SSSR count). The third-order valence-electron chi connectivity index (χ3n) is 3.57. The second-order valence-corrected chi connectivity index (χ2v) is 5.32. The number of nitrogens with zero attached hydrogens (tertiary/aromatic N) is 1. The molecule has 4 nitrogen and oxygen atoms in total. The predicted molar refractivity (Wildman–Crippen MR) is 74.8 cm³/mol. The van der Waals surface area contributed by atoms with Gasteiger partial charge in [-0.3, -0.25) is 4.79 Å². The molecule has 1 aromatic carbocycles. The highest BCUT2D eigenvalue weighted by Crippen LogP contribution is 2.32. The molecular weight excluding hydrogens is 259 g/mol. The van der Waals surface area contributed by atoms with E-state index in [2.05, 4.69) is 0 Å². The average molecular weight is 280 g/mol. The summed E-state index contributed by atoms with van der Waals surface area (Å²) in [7, 11) is 1.75. The van der Waals surface area contributed by atoms with Crippen molar-refractivity contribution in [3.05, 3.63) is 30.1 Å². The quantitative estimate of drug-likeness (QED) is 0.828. The van der Waals surface area contributed by atoms with Gasteiger partial charge in [0.25, 0.3) is 0 Å². The first-order chi connectivity index (χ1) is 9.56. The normalized spacial score (nSPS) is 15.8. The summed E-state index contributed by atoms with van der Waals surface area (Å²) in [6.45, 7) is 0.875. The smallest absolute Gasteiger partial charge is 0.223 e. The van der Waals surface area contributed by atoms with Gasteiger partial charge in [0.15, 0.2) is 0 Å². The van der Waals surface area contributed by atoms with Crippen molar-refractivity contribution in [2.45, 2.75) is 25.3 Å². The maximum absolute atomic E-state index is 12.7. The summed E-state index contributed by atoms with van der Waals surface area (Å²) in [5, 5.41) is 0. The Labute approximate surface area is 118 Å². The number of hydrogen-bond acceptors (Lipinski definition) is 3. The minimum atomic E-state index is -0.293. The van der Waals surface area contributed by atoms with Crippen LogP contribution in [0.3, 0.4) is 0 Å². The number of amides is 1. The lowest BCUT2D eigenvalue weighted by Crippen LogP contribution is -2.36. The molecule has 0 aromatic heterocycles. The molecule has 1 fully saturated rings. The molecule has 1 saturated carbocycles. The van der Waals surface area contributed by atoms with E-state index in [4.69, 9.17) is 10.5 Å². The predicted octanol–water partition coefficient (Wildman–Crippen LogP) is 1.79. The molecule has 1 aliphatic carbocycles. The van der Waals surface area contributed by atoms with E-state index >= 15 is 0 Å². The molecule has 110 valence electrons. The zero-order valence-electron chi connectivity index (χ0n) is 11.7. The van der Waals surface area contributed by atoms with Crippen molar-refractivity contribution in [1.82, 2.24) is 4.90 Å². The Morgan fingerprint density at radius 3 is 2.70 bits per heavy atom. The molecule has 1 unspecified atom stereocenters. The summed E-state index contributed by atoms with van der Waals surface area (Å²) in [5.41, 5.74) is 5.94. The minimum absolute atomic E-state index is 0.0111. The van der Waals surface area contributed by atoms with Gasteiger partial charge in [0.05, 0.1) is 6.54 Å². The summed E-state index contributed by atoms with van der Waals surface area (Å²) in [6, 6.07) is 5.82. The van der Waals surface area contributed by atoms with E-state index < -0.39 is 0 Å². The molecular formula is C15H21FN2O2. The molecule has 1 aromatic rings. The number of hydrogen-bond donors (Lipinski definition) is 1. The van der Waals surface area contributed by atoms with Crippen LogP contribution < -0.4 is 10.5 Å². The number of nitrogens with two attached hydrogens (primary N) is 1. The van der Waals surface area contributed by atoms with E-state index in [1.807, 2.05) is 0 Å². The zero-order chi connectivity index (χ0) is 14.5. The Kier molecular flexibility index (Phi) is 4.95. The number of halogens is 1. The summed E-state index contributed by atoms with van der Waals surface area (Å²) in [4.78, 5) is 13.5. The molecule has 0 aliphatic heterocycles. The Balaban J connectivity index is 1.67. The highest BCUT2D eigenvalue weighted by Gasteiger charge is 2.30. The van der Waals surface area contributed by atoms with Gasteiger partial charge in [-0.05, 0) is 43.0 Å². The molecule has 5 heteroatoms. The first kappa shape index (κ1) is 14.8. The van der Waals surface area contributed by atoms with Gasteiger partial charge in [0.2, 0.25) is 5.91 Å². The number of benzene rings is 1. The fraction of sp³-hybridized carbons (Fsp3) is 0.533. The molecule has 1 aliphatic rings. The van der Waals surface area contributed by atoms with Crippen molar-refractivity contribution in [2.24, 2.45) is 11.7 Å². The Hall–Kier alpha value is -1.62. The van der Waals surface area contributed by atoms with Crippen LogP contribution in [0.25, 0.3) is 0 Å². The third kappa shape index (κ3) is 4.49. The van der Waals surface area contributed by atoms with E-state index in [-0.39, 0.29) is 17.8 Å². The second-order valence-electron chi connectivity index (χ2n) is 5.32. The van der Waals surface area contributed by atoms with Crippen LogP contribution in [0.1, 0.15) is 19.3 Å². The van der Waals surface area contributed by atoms with E-state index in [1.54, 1.807) is 24.1 Å². The lowest BCUT2D eigenvalue weighted by molar-refractivity contribution is -0.130. The molecule has 20 heavy (non-hydrogen) atoms. The third-order valence-corrected chi connectivity index (χ3v) is 3.57. The van der Waals surface area contributed by atoms with Crippen molar-refractivity contribution in [2.75, 3.05) is 20.2 Å². The standard InChI is InChI=1S/C15H21FN2O2/c1-18(15(19)10-14(17)11-2-3-11)8-9-20-13-6-4-12(16)5-7-13/h4-7,11,14H,2-3,8-10,17H2,1H3. The molecule has 1 atom stereocenters.